The van der Waals surface area contributed by atoms with Gasteiger partial charge in [0.15, 0.2) is 0 Å². The molecule has 1 N–H and O–H groups in total. The maximum absolute atomic E-state index is 8.79. The maximum Gasteiger partial charge on any atom is 0.0606 e. The minimum absolute atomic E-state index is 0. The van der Waals surface area contributed by atoms with Gasteiger partial charge in [-0.3, -0.25) is 0 Å². The molecule has 0 radical (unpaired) electrons. The highest BCUT2D eigenvalue weighted by molar-refractivity contribution is 5.85. The van der Waals surface area contributed by atoms with E-state index in [1.54, 1.807) is 0 Å². The molecule has 0 saturated carbocycles. The van der Waals surface area contributed by atoms with Crippen LogP contribution in [0.1, 0.15) is 6.92 Å². The molecule has 0 saturated heterocycles. The fourth-order valence-electron chi connectivity index (χ4n) is 1.23. The van der Waals surface area contributed by atoms with Crippen molar-refractivity contribution in [2.75, 3.05) is 24.6 Å². The number of benzene rings is 1. The van der Waals surface area contributed by atoms with E-state index in [0.29, 0.717) is 6.54 Å². The SMILES string of the molecule is CCN(CCO)c1ccccc1.Cl. The van der Waals surface area contributed by atoms with E-state index in [2.05, 4.69) is 24.0 Å². The Kier molecular flexibility index (Phi) is 6.37. The van der Waals surface area contributed by atoms with E-state index in [1.165, 1.54) is 5.69 Å². The van der Waals surface area contributed by atoms with Crippen molar-refractivity contribution in [2.24, 2.45) is 0 Å². The number of likely N-dealkylation sites (N-methyl/N-ethyl adjacent to an activating group) is 1. The van der Waals surface area contributed by atoms with E-state index in [-0.39, 0.29) is 19.0 Å². The van der Waals surface area contributed by atoms with Crippen LogP contribution in [0, 0.1) is 0 Å². The molecule has 0 aromatic heterocycles. The summed E-state index contributed by atoms with van der Waals surface area (Å²) in [5.41, 5.74) is 1.18. The normalized spacial score (nSPS) is 9.08. The minimum Gasteiger partial charge on any atom is -0.395 e. The molecule has 1 aromatic carbocycles. The number of rotatable bonds is 4. The first kappa shape index (κ1) is 12.3. The Labute approximate surface area is 85.6 Å². The highest BCUT2D eigenvalue weighted by atomic mass is 35.5. The average Bonchev–Trinajstić information content (AvgIpc) is 2.15. The van der Waals surface area contributed by atoms with E-state index < -0.39 is 0 Å². The first-order chi connectivity index (χ1) is 5.88. The molecule has 0 atom stereocenters. The second kappa shape index (κ2) is 6.75. The molecule has 2 nitrogen and oxygen atoms in total. The summed E-state index contributed by atoms with van der Waals surface area (Å²) >= 11 is 0. The number of halogens is 1. The molecule has 0 aliphatic carbocycles. The lowest BCUT2D eigenvalue weighted by Crippen LogP contribution is -2.25. The Hall–Kier alpha value is -0.730. The van der Waals surface area contributed by atoms with E-state index in [9.17, 15) is 0 Å². The Morgan fingerprint density at radius 1 is 1.23 bits per heavy atom. The van der Waals surface area contributed by atoms with Crippen molar-refractivity contribution in [1.29, 1.82) is 0 Å². The largest absolute Gasteiger partial charge is 0.395 e. The zero-order chi connectivity index (χ0) is 8.81. The Morgan fingerprint density at radius 3 is 2.31 bits per heavy atom. The third-order valence-electron chi connectivity index (χ3n) is 1.87. The molecule has 1 aromatic rings. The van der Waals surface area contributed by atoms with Crippen molar-refractivity contribution in [2.45, 2.75) is 6.92 Å². The van der Waals surface area contributed by atoms with Crippen LogP contribution in [0.25, 0.3) is 0 Å². The third kappa shape index (κ3) is 3.66. The average molecular weight is 202 g/mol. The Morgan fingerprint density at radius 2 is 1.85 bits per heavy atom. The lowest BCUT2D eigenvalue weighted by Gasteiger charge is -2.21. The van der Waals surface area contributed by atoms with E-state index in [4.69, 9.17) is 5.11 Å². The number of aliphatic hydroxyl groups excluding tert-OH is 1. The minimum atomic E-state index is 0. The van der Waals surface area contributed by atoms with Gasteiger partial charge in [-0.1, -0.05) is 18.2 Å². The van der Waals surface area contributed by atoms with Gasteiger partial charge in [0.05, 0.1) is 6.61 Å². The van der Waals surface area contributed by atoms with Crippen LogP contribution in [0.4, 0.5) is 5.69 Å². The highest BCUT2D eigenvalue weighted by Crippen LogP contribution is 2.11. The van der Waals surface area contributed by atoms with Gasteiger partial charge in [0.2, 0.25) is 0 Å². The van der Waals surface area contributed by atoms with E-state index >= 15 is 0 Å². The summed E-state index contributed by atoms with van der Waals surface area (Å²) in [7, 11) is 0. The van der Waals surface area contributed by atoms with Crippen LogP contribution in [0.15, 0.2) is 30.3 Å². The summed E-state index contributed by atoms with van der Waals surface area (Å²) in [6.45, 7) is 3.94. The Balaban J connectivity index is 0.00000144. The van der Waals surface area contributed by atoms with Gasteiger partial charge in [0.25, 0.3) is 0 Å². The zero-order valence-corrected chi connectivity index (χ0v) is 8.63. The van der Waals surface area contributed by atoms with Gasteiger partial charge in [-0.2, -0.15) is 0 Å². The molecular formula is C10H16ClNO. The molecular weight excluding hydrogens is 186 g/mol. The molecule has 0 aliphatic heterocycles. The van der Waals surface area contributed by atoms with Crippen molar-refractivity contribution in [1.82, 2.24) is 0 Å². The molecule has 1 rings (SSSR count). The Bertz CT molecular complexity index is 215. The second-order valence-corrected chi connectivity index (χ2v) is 2.64. The summed E-state index contributed by atoms with van der Waals surface area (Å²) in [6.07, 6.45) is 0. The fraction of sp³-hybridized carbons (Fsp3) is 0.400. The highest BCUT2D eigenvalue weighted by Gasteiger charge is 2.00. The molecule has 74 valence electrons. The van der Waals surface area contributed by atoms with Gasteiger partial charge in [-0.25, -0.2) is 0 Å². The summed E-state index contributed by atoms with van der Waals surface area (Å²) in [4.78, 5) is 2.14. The molecule has 0 heterocycles. The van der Waals surface area contributed by atoms with Crippen LogP contribution in [0.3, 0.4) is 0 Å². The van der Waals surface area contributed by atoms with E-state index in [1.807, 2.05) is 18.2 Å². The molecule has 0 amide bonds. The molecule has 0 aliphatic rings. The molecule has 0 fully saturated rings. The van der Waals surface area contributed by atoms with Gasteiger partial charge in [0.1, 0.15) is 0 Å². The van der Waals surface area contributed by atoms with Crippen LogP contribution in [-0.2, 0) is 0 Å². The molecule has 3 heteroatoms. The quantitative estimate of drug-likeness (QED) is 0.805. The van der Waals surface area contributed by atoms with Crippen molar-refractivity contribution >= 4 is 18.1 Å². The van der Waals surface area contributed by atoms with Crippen LogP contribution < -0.4 is 4.90 Å². The standard InChI is InChI=1S/C10H15NO.ClH/c1-2-11(8-9-12)10-6-4-3-5-7-10;/h3-7,12H,2,8-9H2,1H3;1H. The van der Waals surface area contributed by atoms with Crippen LogP contribution in [0.5, 0.6) is 0 Å². The molecule has 13 heavy (non-hydrogen) atoms. The van der Waals surface area contributed by atoms with Gasteiger partial charge in [-0.15, -0.1) is 12.4 Å². The predicted octanol–water partition coefficient (Wildman–Crippen LogP) is 1.93. The molecule has 0 bridgehead atoms. The number of hydrogen-bond acceptors (Lipinski definition) is 2. The number of anilines is 1. The van der Waals surface area contributed by atoms with Gasteiger partial charge < -0.3 is 10.0 Å². The van der Waals surface area contributed by atoms with Crippen LogP contribution in [-0.4, -0.2) is 24.8 Å². The van der Waals surface area contributed by atoms with Crippen molar-refractivity contribution < 1.29 is 5.11 Å². The topological polar surface area (TPSA) is 23.5 Å². The summed E-state index contributed by atoms with van der Waals surface area (Å²) < 4.78 is 0. The van der Waals surface area contributed by atoms with Crippen molar-refractivity contribution in [3.05, 3.63) is 30.3 Å². The van der Waals surface area contributed by atoms with Gasteiger partial charge >= 0.3 is 0 Å². The lowest BCUT2D eigenvalue weighted by atomic mass is 10.3. The monoisotopic (exact) mass is 201 g/mol. The predicted molar refractivity (Wildman–Crippen MR) is 58.7 cm³/mol. The fourth-order valence-corrected chi connectivity index (χ4v) is 1.23. The van der Waals surface area contributed by atoms with Crippen molar-refractivity contribution in [3.8, 4) is 0 Å². The summed E-state index contributed by atoms with van der Waals surface area (Å²) in [6, 6.07) is 10.1. The number of aliphatic hydroxyl groups is 1. The van der Waals surface area contributed by atoms with Crippen molar-refractivity contribution in [3.63, 3.8) is 0 Å². The maximum atomic E-state index is 8.79. The van der Waals surface area contributed by atoms with Crippen LogP contribution in [0.2, 0.25) is 0 Å². The third-order valence-corrected chi connectivity index (χ3v) is 1.87. The number of hydrogen-bond donors (Lipinski definition) is 1. The lowest BCUT2D eigenvalue weighted by molar-refractivity contribution is 0.302. The second-order valence-electron chi connectivity index (χ2n) is 2.64. The van der Waals surface area contributed by atoms with Gasteiger partial charge in [-0.05, 0) is 19.1 Å². The smallest absolute Gasteiger partial charge is 0.0606 e. The molecule has 0 unspecified atom stereocenters. The number of para-hydroxylation sites is 1. The van der Waals surface area contributed by atoms with E-state index in [0.717, 1.165) is 6.54 Å². The first-order valence-electron chi connectivity index (χ1n) is 4.29. The zero-order valence-electron chi connectivity index (χ0n) is 7.81. The molecule has 0 spiro atoms. The van der Waals surface area contributed by atoms with Crippen LogP contribution >= 0.6 is 12.4 Å². The first-order valence-corrected chi connectivity index (χ1v) is 4.29. The summed E-state index contributed by atoms with van der Waals surface area (Å²) in [5, 5.41) is 8.79. The van der Waals surface area contributed by atoms with Gasteiger partial charge in [0, 0.05) is 18.8 Å². The summed E-state index contributed by atoms with van der Waals surface area (Å²) in [5.74, 6) is 0. The number of nitrogens with zero attached hydrogens (tertiary/aromatic N) is 1.